The van der Waals surface area contributed by atoms with Gasteiger partial charge in [-0.3, -0.25) is 0 Å². The first kappa shape index (κ1) is 25.3. The van der Waals surface area contributed by atoms with Crippen LogP contribution in [0.25, 0.3) is 0 Å². The van der Waals surface area contributed by atoms with Crippen molar-refractivity contribution in [2.24, 2.45) is 34.0 Å². The molecule has 0 heterocycles. The molecule has 0 unspecified atom stereocenters. The SMILES string of the molecule is C[C@H](CCCOCc1ccccc1)[C@H]1CC=C2C3=C(CC[C@@]21C)[C@@]1(C)CC[C@H](O)C(C)(C)[C@@H]1CC3. The molecule has 1 saturated carbocycles. The zero-order valence-electron chi connectivity index (χ0n) is 22.9. The van der Waals surface area contributed by atoms with Crippen LogP contribution in [-0.2, 0) is 11.3 Å². The van der Waals surface area contributed by atoms with Gasteiger partial charge in [0.25, 0.3) is 0 Å². The molecule has 192 valence electrons. The number of hydrogen-bond acceptors (Lipinski definition) is 2. The summed E-state index contributed by atoms with van der Waals surface area (Å²) < 4.78 is 5.98. The molecule has 0 radical (unpaired) electrons. The quantitative estimate of drug-likeness (QED) is 0.401. The number of aliphatic hydroxyl groups excluding tert-OH is 1. The van der Waals surface area contributed by atoms with Gasteiger partial charge in [0, 0.05) is 6.61 Å². The summed E-state index contributed by atoms with van der Waals surface area (Å²) in [7, 11) is 0. The predicted octanol–water partition coefficient (Wildman–Crippen LogP) is 8.26. The Bertz CT molecular complexity index is 972. The van der Waals surface area contributed by atoms with Crippen molar-refractivity contribution in [2.75, 3.05) is 6.61 Å². The van der Waals surface area contributed by atoms with Crippen molar-refractivity contribution in [1.82, 2.24) is 0 Å². The summed E-state index contributed by atoms with van der Waals surface area (Å²) in [6.07, 6.45) is 13.3. The molecule has 0 aliphatic heterocycles. The van der Waals surface area contributed by atoms with Crippen LogP contribution in [-0.4, -0.2) is 17.8 Å². The van der Waals surface area contributed by atoms with Crippen LogP contribution in [0.4, 0.5) is 0 Å². The van der Waals surface area contributed by atoms with Crippen molar-refractivity contribution >= 4 is 0 Å². The predicted molar refractivity (Wildman–Crippen MR) is 145 cm³/mol. The fourth-order valence-electron chi connectivity index (χ4n) is 9.05. The molecule has 1 fully saturated rings. The summed E-state index contributed by atoms with van der Waals surface area (Å²) in [6.45, 7) is 13.9. The maximum atomic E-state index is 10.8. The van der Waals surface area contributed by atoms with E-state index in [1.807, 2.05) is 0 Å². The molecule has 2 nitrogen and oxygen atoms in total. The van der Waals surface area contributed by atoms with Crippen molar-refractivity contribution in [3.05, 3.63) is 58.7 Å². The minimum Gasteiger partial charge on any atom is -0.393 e. The molecule has 1 N–H and O–H groups in total. The van der Waals surface area contributed by atoms with Gasteiger partial charge >= 0.3 is 0 Å². The monoisotopic (exact) mass is 476 g/mol. The van der Waals surface area contributed by atoms with Crippen molar-refractivity contribution in [3.63, 3.8) is 0 Å². The van der Waals surface area contributed by atoms with Crippen LogP contribution in [0.2, 0.25) is 0 Å². The van der Waals surface area contributed by atoms with Crippen LogP contribution in [0.5, 0.6) is 0 Å². The Morgan fingerprint density at radius 2 is 1.77 bits per heavy atom. The Kier molecular flexibility index (Phi) is 6.85. The summed E-state index contributed by atoms with van der Waals surface area (Å²) in [5, 5.41) is 10.8. The van der Waals surface area contributed by atoms with Crippen molar-refractivity contribution in [3.8, 4) is 0 Å². The zero-order valence-corrected chi connectivity index (χ0v) is 22.9. The molecule has 4 aliphatic carbocycles. The van der Waals surface area contributed by atoms with E-state index in [1.54, 1.807) is 16.7 Å². The zero-order chi connectivity index (χ0) is 24.8. The van der Waals surface area contributed by atoms with Gasteiger partial charge < -0.3 is 9.84 Å². The minimum absolute atomic E-state index is 0.0238. The summed E-state index contributed by atoms with van der Waals surface area (Å²) in [5.41, 5.74) is 7.15. The van der Waals surface area contributed by atoms with Crippen LogP contribution >= 0.6 is 0 Å². The second kappa shape index (κ2) is 9.49. The van der Waals surface area contributed by atoms with Crippen LogP contribution in [0.15, 0.2) is 53.1 Å². The summed E-state index contributed by atoms with van der Waals surface area (Å²) in [5.74, 6) is 2.09. The Morgan fingerprint density at radius 1 is 1.00 bits per heavy atom. The van der Waals surface area contributed by atoms with Gasteiger partial charge in [-0.15, -0.1) is 0 Å². The summed E-state index contributed by atoms with van der Waals surface area (Å²) in [6, 6.07) is 10.5. The number of benzene rings is 1. The van der Waals surface area contributed by atoms with E-state index in [0.29, 0.717) is 11.3 Å². The summed E-state index contributed by atoms with van der Waals surface area (Å²) in [4.78, 5) is 0. The van der Waals surface area contributed by atoms with Gasteiger partial charge in [0.15, 0.2) is 0 Å². The molecule has 0 aromatic heterocycles. The molecule has 1 aromatic rings. The Balaban J connectivity index is 1.23. The molecule has 0 saturated heterocycles. The lowest BCUT2D eigenvalue weighted by Gasteiger charge is -2.59. The highest BCUT2D eigenvalue weighted by atomic mass is 16.5. The number of allylic oxidation sites excluding steroid dienone is 4. The lowest BCUT2D eigenvalue weighted by molar-refractivity contribution is -0.0905. The third kappa shape index (κ3) is 4.27. The summed E-state index contributed by atoms with van der Waals surface area (Å²) >= 11 is 0. The first-order valence-electron chi connectivity index (χ1n) is 14.4. The van der Waals surface area contributed by atoms with Crippen molar-refractivity contribution < 1.29 is 9.84 Å². The average molecular weight is 477 g/mol. The standard InChI is InChI=1S/C33H48O2/c1-23(10-9-21-35-22-24-11-7-6-8-12-24)26-14-15-27-25-13-16-29-31(2,3)30(34)18-20-33(29,5)28(25)17-19-32(26,27)4/h6-8,11-12,15,23,26,29-30,34H,9-10,13-14,16-22H2,1-5H3/t23-,26-,29+,30+,32-,33-/m1/s1. The molecule has 4 aliphatic rings. The van der Waals surface area contributed by atoms with Gasteiger partial charge in [0.05, 0.1) is 12.7 Å². The minimum atomic E-state index is -0.149. The van der Waals surface area contributed by atoms with Gasteiger partial charge in [-0.25, -0.2) is 0 Å². The van der Waals surface area contributed by atoms with Gasteiger partial charge in [-0.1, -0.05) is 76.6 Å². The van der Waals surface area contributed by atoms with E-state index in [4.69, 9.17) is 4.74 Å². The molecule has 0 bridgehead atoms. The number of aliphatic hydroxyl groups is 1. The first-order chi connectivity index (χ1) is 16.7. The van der Waals surface area contributed by atoms with Gasteiger partial charge in [-0.05, 0) is 108 Å². The number of hydrogen-bond donors (Lipinski definition) is 1. The van der Waals surface area contributed by atoms with Crippen LogP contribution < -0.4 is 0 Å². The number of ether oxygens (including phenoxy) is 1. The van der Waals surface area contributed by atoms with E-state index in [0.717, 1.165) is 44.3 Å². The van der Waals surface area contributed by atoms with Gasteiger partial charge in [0.2, 0.25) is 0 Å². The Hall–Kier alpha value is -1.38. The van der Waals surface area contributed by atoms with E-state index < -0.39 is 0 Å². The van der Waals surface area contributed by atoms with E-state index in [2.05, 4.69) is 71.0 Å². The van der Waals surface area contributed by atoms with E-state index in [-0.39, 0.29) is 16.9 Å². The molecule has 35 heavy (non-hydrogen) atoms. The molecule has 0 amide bonds. The van der Waals surface area contributed by atoms with Gasteiger partial charge in [0.1, 0.15) is 0 Å². The molecule has 6 atom stereocenters. The Morgan fingerprint density at radius 3 is 2.54 bits per heavy atom. The van der Waals surface area contributed by atoms with Crippen LogP contribution in [0, 0.1) is 34.0 Å². The van der Waals surface area contributed by atoms with Crippen LogP contribution in [0.3, 0.4) is 0 Å². The smallest absolute Gasteiger partial charge is 0.0716 e. The maximum Gasteiger partial charge on any atom is 0.0716 e. The molecule has 5 rings (SSSR count). The third-order valence-electron chi connectivity index (χ3n) is 11.2. The second-order valence-electron chi connectivity index (χ2n) is 13.4. The average Bonchev–Trinajstić information content (AvgIpc) is 3.19. The molecular weight excluding hydrogens is 428 g/mol. The van der Waals surface area contributed by atoms with E-state index >= 15 is 0 Å². The van der Waals surface area contributed by atoms with Crippen LogP contribution in [0.1, 0.15) is 98.0 Å². The Labute approximate surface area is 214 Å². The molecule has 1 aromatic carbocycles. The molecule has 2 heteroatoms. The third-order valence-corrected chi connectivity index (χ3v) is 11.2. The highest BCUT2D eigenvalue weighted by Gasteiger charge is 2.57. The second-order valence-corrected chi connectivity index (χ2v) is 13.4. The topological polar surface area (TPSA) is 29.5 Å². The maximum absolute atomic E-state index is 10.8. The normalized spacial score (nSPS) is 36.7. The molecule has 0 spiro atoms. The fourth-order valence-corrected chi connectivity index (χ4v) is 9.05. The first-order valence-corrected chi connectivity index (χ1v) is 14.4. The van der Waals surface area contributed by atoms with Crippen molar-refractivity contribution in [2.45, 2.75) is 105 Å². The fraction of sp³-hybridized carbons (Fsp3) is 0.697. The molecular formula is C33H48O2. The number of rotatable bonds is 7. The highest BCUT2D eigenvalue weighted by Crippen LogP contribution is 2.66. The number of fused-ring (bicyclic) bond motifs is 4. The van der Waals surface area contributed by atoms with Gasteiger partial charge in [-0.2, -0.15) is 0 Å². The highest BCUT2D eigenvalue weighted by molar-refractivity contribution is 5.49. The van der Waals surface area contributed by atoms with Crippen molar-refractivity contribution in [1.29, 1.82) is 0 Å². The van der Waals surface area contributed by atoms with E-state index in [1.165, 1.54) is 44.1 Å². The lowest BCUT2D eigenvalue weighted by atomic mass is 9.46. The lowest BCUT2D eigenvalue weighted by Crippen LogP contribution is -2.53. The van der Waals surface area contributed by atoms with E-state index in [9.17, 15) is 5.11 Å². The largest absolute Gasteiger partial charge is 0.393 e.